The smallest absolute Gasteiger partial charge is 0.00963 e. The van der Waals surface area contributed by atoms with Crippen LogP contribution in [0.2, 0.25) is 0 Å². The van der Waals surface area contributed by atoms with Gasteiger partial charge in [-0.1, -0.05) is 6.92 Å². The van der Waals surface area contributed by atoms with Crippen LogP contribution in [0.1, 0.15) is 32.6 Å². The SMILES string of the molecule is CCN(CCCCN)C1CC1. The molecule has 2 nitrogen and oxygen atoms in total. The lowest BCUT2D eigenvalue weighted by atomic mass is 10.3. The Hall–Kier alpha value is -0.0800. The minimum absolute atomic E-state index is 0.849. The predicted octanol–water partition coefficient (Wildman–Crippen LogP) is 1.21. The fourth-order valence-corrected chi connectivity index (χ4v) is 1.50. The van der Waals surface area contributed by atoms with E-state index in [1.54, 1.807) is 0 Å². The molecule has 0 amide bonds. The molecule has 0 heterocycles. The Morgan fingerprint density at radius 1 is 1.36 bits per heavy atom. The Morgan fingerprint density at radius 3 is 2.55 bits per heavy atom. The summed E-state index contributed by atoms with van der Waals surface area (Å²) in [5, 5.41) is 0. The summed E-state index contributed by atoms with van der Waals surface area (Å²) in [7, 11) is 0. The number of unbranched alkanes of at least 4 members (excludes halogenated alkanes) is 1. The molecule has 1 aliphatic rings. The van der Waals surface area contributed by atoms with E-state index in [-0.39, 0.29) is 0 Å². The average molecular weight is 156 g/mol. The van der Waals surface area contributed by atoms with Crippen molar-refractivity contribution in [1.82, 2.24) is 4.90 Å². The molecule has 0 aromatic carbocycles. The molecule has 2 heteroatoms. The summed E-state index contributed by atoms with van der Waals surface area (Å²) >= 11 is 0. The molecule has 0 unspecified atom stereocenters. The fourth-order valence-electron chi connectivity index (χ4n) is 1.50. The van der Waals surface area contributed by atoms with Crippen LogP contribution < -0.4 is 5.73 Å². The highest BCUT2D eigenvalue weighted by Crippen LogP contribution is 2.26. The molecule has 0 radical (unpaired) electrons. The number of nitrogens with two attached hydrogens (primary N) is 1. The molecule has 1 saturated carbocycles. The van der Waals surface area contributed by atoms with Gasteiger partial charge in [-0.25, -0.2) is 0 Å². The Morgan fingerprint density at radius 2 is 2.09 bits per heavy atom. The van der Waals surface area contributed by atoms with Crippen molar-refractivity contribution in [2.45, 2.75) is 38.6 Å². The molecule has 0 saturated heterocycles. The van der Waals surface area contributed by atoms with E-state index in [0.717, 1.165) is 12.6 Å². The first-order valence-corrected chi connectivity index (χ1v) is 4.82. The van der Waals surface area contributed by atoms with Crippen LogP contribution in [-0.4, -0.2) is 30.6 Å². The second-order valence-electron chi connectivity index (χ2n) is 3.36. The van der Waals surface area contributed by atoms with Crippen LogP contribution in [0.4, 0.5) is 0 Å². The zero-order chi connectivity index (χ0) is 8.10. The first kappa shape index (κ1) is 9.01. The minimum atomic E-state index is 0.849. The normalized spacial score (nSPS) is 17.7. The summed E-state index contributed by atoms with van der Waals surface area (Å²) in [4.78, 5) is 2.58. The molecule has 0 aromatic rings. The van der Waals surface area contributed by atoms with E-state index in [9.17, 15) is 0 Å². The van der Waals surface area contributed by atoms with Crippen LogP contribution in [-0.2, 0) is 0 Å². The summed E-state index contributed by atoms with van der Waals surface area (Å²) in [5.41, 5.74) is 5.43. The quantitative estimate of drug-likeness (QED) is 0.586. The van der Waals surface area contributed by atoms with Gasteiger partial charge >= 0.3 is 0 Å². The number of hydrogen-bond donors (Lipinski definition) is 1. The van der Waals surface area contributed by atoms with Crippen molar-refractivity contribution in [1.29, 1.82) is 0 Å². The summed E-state index contributed by atoms with van der Waals surface area (Å²) < 4.78 is 0. The molecule has 66 valence electrons. The Labute approximate surface area is 69.8 Å². The van der Waals surface area contributed by atoms with Gasteiger partial charge in [0.15, 0.2) is 0 Å². The lowest BCUT2D eigenvalue weighted by Crippen LogP contribution is -2.27. The van der Waals surface area contributed by atoms with Crippen molar-refractivity contribution >= 4 is 0 Å². The molecule has 11 heavy (non-hydrogen) atoms. The lowest BCUT2D eigenvalue weighted by Gasteiger charge is -2.18. The van der Waals surface area contributed by atoms with Crippen LogP contribution in [0.3, 0.4) is 0 Å². The molecule has 1 rings (SSSR count). The second-order valence-corrected chi connectivity index (χ2v) is 3.36. The van der Waals surface area contributed by atoms with E-state index in [1.165, 1.54) is 38.8 Å². The topological polar surface area (TPSA) is 29.3 Å². The van der Waals surface area contributed by atoms with Gasteiger partial charge in [-0.2, -0.15) is 0 Å². The largest absolute Gasteiger partial charge is 0.330 e. The lowest BCUT2D eigenvalue weighted by molar-refractivity contribution is 0.272. The number of hydrogen-bond acceptors (Lipinski definition) is 2. The van der Waals surface area contributed by atoms with Crippen LogP contribution in [0, 0.1) is 0 Å². The van der Waals surface area contributed by atoms with E-state index in [0.29, 0.717) is 0 Å². The Balaban J connectivity index is 2.01. The van der Waals surface area contributed by atoms with E-state index in [1.807, 2.05) is 0 Å². The Bertz CT molecular complexity index is 99.7. The van der Waals surface area contributed by atoms with E-state index in [4.69, 9.17) is 5.73 Å². The van der Waals surface area contributed by atoms with E-state index in [2.05, 4.69) is 11.8 Å². The molecule has 1 fully saturated rings. The third kappa shape index (κ3) is 3.21. The molecule has 0 aliphatic heterocycles. The van der Waals surface area contributed by atoms with Crippen LogP contribution in [0.15, 0.2) is 0 Å². The molecule has 2 N–H and O–H groups in total. The van der Waals surface area contributed by atoms with Gasteiger partial charge in [0.1, 0.15) is 0 Å². The van der Waals surface area contributed by atoms with Crippen LogP contribution in [0.25, 0.3) is 0 Å². The van der Waals surface area contributed by atoms with Gasteiger partial charge in [0.2, 0.25) is 0 Å². The zero-order valence-electron chi connectivity index (χ0n) is 7.55. The third-order valence-electron chi connectivity index (χ3n) is 2.37. The van der Waals surface area contributed by atoms with Gasteiger partial charge < -0.3 is 10.6 Å². The molecule has 1 aliphatic carbocycles. The van der Waals surface area contributed by atoms with Crippen LogP contribution in [0.5, 0.6) is 0 Å². The highest BCUT2D eigenvalue weighted by atomic mass is 15.2. The second kappa shape index (κ2) is 4.73. The maximum Gasteiger partial charge on any atom is 0.00963 e. The highest BCUT2D eigenvalue weighted by molar-refractivity contribution is 4.83. The van der Waals surface area contributed by atoms with Gasteiger partial charge in [-0.3, -0.25) is 0 Å². The van der Waals surface area contributed by atoms with Crippen molar-refractivity contribution < 1.29 is 0 Å². The van der Waals surface area contributed by atoms with Gasteiger partial charge in [-0.15, -0.1) is 0 Å². The molecule has 0 spiro atoms. The summed E-state index contributed by atoms with van der Waals surface area (Å²) in [6, 6.07) is 0.928. The maximum absolute atomic E-state index is 5.43. The summed E-state index contributed by atoms with van der Waals surface area (Å²) in [6.45, 7) is 5.58. The molecule has 0 atom stereocenters. The summed E-state index contributed by atoms with van der Waals surface area (Å²) in [6.07, 6.45) is 5.32. The standard InChI is InChI=1S/C9H20N2/c1-2-11(9-5-6-9)8-4-3-7-10/h9H,2-8,10H2,1H3. The molecule has 0 aromatic heterocycles. The predicted molar refractivity (Wildman–Crippen MR) is 48.6 cm³/mol. The number of rotatable bonds is 6. The Kier molecular flexibility index (Phi) is 3.87. The molecular weight excluding hydrogens is 136 g/mol. The van der Waals surface area contributed by atoms with Crippen molar-refractivity contribution in [2.24, 2.45) is 5.73 Å². The van der Waals surface area contributed by atoms with Gasteiger partial charge in [0, 0.05) is 6.04 Å². The van der Waals surface area contributed by atoms with Crippen molar-refractivity contribution in [3.05, 3.63) is 0 Å². The molecular formula is C9H20N2. The zero-order valence-corrected chi connectivity index (χ0v) is 7.55. The van der Waals surface area contributed by atoms with Gasteiger partial charge in [0.25, 0.3) is 0 Å². The van der Waals surface area contributed by atoms with Crippen molar-refractivity contribution in [2.75, 3.05) is 19.6 Å². The summed E-state index contributed by atoms with van der Waals surface area (Å²) in [5.74, 6) is 0. The van der Waals surface area contributed by atoms with Gasteiger partial charge in [0.05, 0.1) is 0 Å². The van der Waals surface area contributed by atoms with Crippen molar-refractivity contribution in [3.63, 3.8) is 0 Å². The number of nitrogens with zero attached hydrogens (tertiary/aromatic N) is 1. The first-order valence-electron chi connectivity index (χ1n) is 4.82. The van der Waals surface area contributed by atoms with Crippen molar-refractivity contribution in [3.8, 4) is 0 Å². The molecule has 0 bridgehead atoms. The van der Waals surface area contributed by atoms with E-state index >= 15 is 0 Å². The minimum Gasteiger partial charge on any atom is -0.330 e. The van der Waals surface area contributed by atoms with Crippen LogP contribution >= 0.6 is 0 Å². The maximum atomic E-state index is 5.43. The van der Waals surface area contributed by atoms with Gasteiger partial charge in [-0.05, 0) is 45.3 Å². The average Bonchev–Trinajstić information content (AvgIpc) is 2.81. The third-order valence-corrected chi connectivity index (χ3v) is 2.37. The fraction of sp³-hybridized carbons (Fsp3) is 1.00. The van der Waals surface area contributed by atoms with E-state index < -0.39 is 0 Å². The first-order chi connectivity index (χ1) is 5.38. The monoisotopic (exact) mass is 156 g/mol. The highest BCUT2D eigenvalue weighted by Gasteiger charge is 2.26.